The number of anilines is 2. The molecule has 0 saturated heterocycles. The zero-order valence-corrected chi connectivity index (χ0v) is 14.7. The molecule has 2 amide bonds. The molecular formula is C20H24N2O2. The number of para-hydroxylation sites is 1. The fourth-order valence-electron chi connectivity index (χ4n) is 2.90. The summed E-state index contributed by atoms with van der Waals surface area (Å²) < 4.78 is 0. The van der Waals surface area contributed by atoms with Crippen LogP contribution in [0.15, 0.2) is 42.5 Å². The van der Waals surface area contributed by atoms with Gasteiger partial charge >= 0.3 is 0 Å². The number of amides is 2. The number of rotatable bonds is 5. The van der Waals surface area contributed by atoms with E-state index >= 15 is 0 Å². The molecule has 2 rings (SSSR count). The van der Waals surface area contributed by atoms with Crippen LogP contribution in [0.1, 0.15) is 30.0 Å². The molecule has 2 aromatic carbocycles. The Morgan fingerprint density at radius 3 is 2.12 bits per heavy atom. The highest BCUT2D eigenvalue weighted by Crippen LogP contribution is 2.22. The van der Waals surface area contributed by atoms with Crippen LogP contribution in [0.5, 0.6) is 0 Å². The molecule has 0 aliphatic heterocycles. The van der Waals surface area contributed by atoms with Gasteiger partial charge < -0.3 is 10.2 Å². The second-order valence-corrected chi connectivity index (χ2v) is 5.97. The molecule has 4 heteroatoms. The molecule has 0 spiro atoms. The standard InChI is InChI=1S/C20H24N2O2/c1-5-22(17-9-7-6-8-10-17)19(24)13-18(23)21-20-15(3)11-14(2)12-16(20)4/h6-12H,5,13H2,1-4H3,(H,21,23). The van der Waals surface area contributed by atoms with E-state index in [1.807, 2.05) is 70.2 Å². The van der Waals surface area contributed by atoms with Crippen LogP contribution in [0, 0.1) is 20.8 Å². The number of hydrogen-bond acceptors (Lipinski definition) is 2. The van der Waals surface area contributed by atoms with Gasteiger partial charge in [-0.15, -0.1) is 0 Å². The van der Waals surface area contributed by atoms with Crippen molar-refractivity contribution in [2.24, 2.45) is 0 Å². The molecule has 0 aliphatic carbocycles. The minimum Gasteiger partial charge on any atom is -0.325 e. The van der Waals surface area contributed by atoms with Crippen LogP contribution in [-0.4, -0.2) is 18.4 Å². The van der Waals surface area contributed by atoms with E-state index in [4.69, 9.17) is 0 Å². The Hall–Kier alpha value is -2.62. The van der Waals surface area contributed by atoms with Gasteiger partial charge in [-0.1, -0.05) is 35.9 Å². The first-order chi connectivity index (χ1) is 11.4. The van der Waals surface area contributed by atoms with Crippen LogP contribution >= 0.6 is 0 Å². The highest BCUT2D eigenvalue weighted by molar-refractivity contribution is 6.09. The summed E-state index contributed by atoms with van der Waals surface area (Å²) in [5.74, 6) is -0.493. The van der Waals surface area contributed by atoms with E-state index in [0.717, 1.165) is 28.1 Å². The van der Waals surface area contributed by atoms with Crippen molar-refractivity contribution in [2.75, 3.05) is 16.8 Å². The van der Waals surface area contributed by atoms with Crippen molar-refractivity contribution in [3.63, 3.8) is 0 Å². The zero-order valence-electron chi connectivity index (χ0n) is 14.7. The fourth-order valence-corrected chi connectivity index (χ4v) is 2.90. The summed E-state index contributed by atoms with van der Waals surface area (Å²) in [5.41, 5.74) is 4.76. The Balaban J connectivity index is 2.08. The average molecular weight is 324 g/mol. The van der Waals surface area contributed by atoms with Crippen molar-refractivity contribution in [3.05, 3.63) is 59.2 Å². The normalized spacial score (nSPS) is 10.3. The highest BCUT2D eigenvalue weighted by atomic mass is 16.2. The maximum atomic E-state index is 12.5. The topological polar surface area (TPSA) is 49.4 Å². The lowest BCUT2D eigenvalue weighted by atomic mass is 10.0. The van der Waals surface area contributed by atoms with E-state index in [-0.39, 0.29) is 18.2 Å². The van der Waals surface area contributed by atoms with Gasteiger partial charge in [-0.2, -0.15) is 0 Å². The fraction of sp³-hybridized carbons (Fsp3) is 0.300. The van der Waals surface area contributed by atoms with Crippen LogP contribution in [0.2, 0.25) is 0 Å². The summed E-state index contributed by atoms with van der Waals surface area (Å²) >= 11 is 0. The summed E-state index contributed by atoms with van der Waals surface area (Å²) in [5, 5.41) is 2.88. The quantitative estimate of drug-likeness (QED) is 0.845. The maximum absolute atomic E-state index is 12.5. The zero-order chi connectivity index (χ0) is 17.7. The molecule has 0 bridgehead atoms. The molecule has 0 unspecified atom stereocenters. The largest absolute Gasteiger partial charge is 0.325 e. The molecule has 0 heterocycles. The number of hydrogen-bond donors (Lipinski definition) is 1. The predicted molar refractivity (Wildman–Crippen MR) is 98.4 cm³/mol. The van der Waals surface area contributed by atoms with Gasteiger partial charge in [-0.25, -0.2) is 0 Å². The summed E-state index contributed by atoms with van der Waals surface area (Å²) in [6.07, 6.45) is -0.171. The maximum Gasteiger partial charge on any atom is 0.236 e. The van der Waals surface area contributed by atoms with Gasteiger partial charge in [0.05, 0.1) is 0 Å². The van der Waals surface area contributed by atoms with Crippen LogP contribution in [0.25, 0.3) is 0 Å². The van der Waals surface area contributed by atoms with Crippen molar-refractivity contribution in [2.45, 2.75) is 34.1 Å². The Morgan fingerprint density at radius 1 is 1.00 bits per heavy atom. The molecule has 1 N–H and O–H groups in total. The molecule has 0 fully saturated rings. The summed E-state index contributed by atoms with van der Waals surface area (Å²) in [6.45, 7) is 8.36. The van der Waals surface area contributed by atoms with E-state index in [0.29, 0.717) is 6.54 Å². The van der Waals surface area contributed by atoms with Crippen molar-refractivity contribution >= 4 is 23.2 Å². The smallest absolute Gasteiger partial charge is 0.236 e. The van der Waals surface area contributed by atoms with E-state index in [2.05, 4.69) is 5.32 Å². The van der Waals surface area contributed by atoms with E-state index < -0.39 is 0 Å². The van der Waals surface area contributed by atoms with Gasteiger partial charge in [-0.05, 0) is 51.0 Å². The second-order valence-electron chi connectivity index (χ2n) is 5.97. The van der Waals surface area contributed by atoms with Crippen LogP contribution < -0.4 is 10.2 Å². The lowest BCUT2D eigenvalue weighted by Crippen LogP contribution is -2.33. The molecule has 0 radical (unpaired) electrons. The Bertz CT molecular complexity index is 716. The molecular weight excluding hydrogens is 300 g/mol. The SMILES string of the molecule is CCN(C(=O)CC(=O)Nc1c(C)cc(C)cc1C)c1ccccc1. The third-order valence-corrected chi connectivity index (χ3v) is 3.94. The van der Waals surface area contributed by atoms with E-state index in [1.165, 1.54) is 0 Å². The number of benzene rings is 2. The minimum atomic E-state index is -0.288. The monoisotopic (exact) mass is 324 g/mol. The first-order valence-electron chi connectivity index (χ1n) is 8.15. The lowest BCUT2D eigenvalue weighted by molar-refractivity contribution is -0.125. The van der Waals surface area contributed by atoms with Gasteiger partial charge in [0.25, 0.3) is 0 Å². The third-order valence-electron chi connectivity index (χ3n) is 3.94. The molecule has 0 aliphatic rings. The van der Waals surface area contributed by atoms with Crippen LogP contribution in [0.4, 0.5) is 11.4 Å². The van der Waals surface area contributed by atoms with E-state index in [9.17, 15) is 9.59 Å². The minimum absolute atomic E-state index is 0.171. The number of nitrogens with one attached hydrogen (secondary N) is 1. The number of carbonyl (C=O) groups excluding carboxylic acids is 2. The number of carbonyl (C=O) groups is 2. The van der Waals surface area contributed by atoms with E-state index in [1.54, 1.807) is 4.90 Å². The molecule has 24 heavy (non-hydrogen) atoms. The first-order valence-corrected chi connectivity index (χ1v) is 8.15. The summed E-state index contributed by atoms with van der Waals surface area (Å²) in [4.78, 5) is 26.4. The van der Waals surface area contributed by atoms with Gasteiger partial charge in [0.1, 0.15) is 6.42 Å². The van der Waals surface area contributed by atoms with Gasteiger partial charge in [-0.3, -0.25) is 9.59 Å². The van der Waals surface area contributed by atoms with Crippen LogP contribution in [0.3, 0.4) is 0 Å². The number of aryl methyl sites for hydroxylation is 3. The molecule has 126 valence electrons. The molecule has 0 saturated carbocycles. The second kappa shape index (κ2) is 7.77. The Kier molecular flexibility index (Phi) is 5.74. The average Bonchev–Trinajstić information content (AvgIpc) is 2.52. The van der Waals surface area contributed by atoms with Crippen LogP contribution in [-0.2, 0) is 9.59 Å². The molecule has 4 nitrogen and oxygen atoms in total. The summed E-state index contributed by atoms with van der Waals surface area (Å²) in [7, 11) is 0. The first kappa shape index (κ1) is 17.7. The van der Waals surface area contributed by atoms with Crippen molar-refractivity contribution < 1.29 is 9.59 Å². The molecule has 0 aromatic heterocycles. The molecule has 0 atom stereocenters. The highest BCUT2D eigenvalue weighted by Gasteiger charge is 2.18. The van der Waals surface area contributed by atoms with Gasteiger partial charge in [0.15, 0.2) is 0 Å². The lowest BCUT2D eigenvalue weighted by Gasteiger charge is -2.21. The third kappa shape index (κ3) is 4.22. The van der Waals surface area contributed by atoms with Crippen molar-refractivity contribution in [1.82, 2.24) is 0 Å². The number of nitrogens with zero attached hydrogens (tertiary/aromatic N) is 1. The van der Waals surface area contributed by atoms with Crippen molar-refractivity contribution in [3.8, 4) is 0 Å². The molecule has 2 aromatic rings. The summed E-state index contributed by atoms with van der Waals surface area (Å²) in [6, 6.07) is 13.4. The van der Waals surface area contributed by atoms with Crippen molar-refractivity contribution in [1.29, 1.82) is 0 Å². The van der Waals surface area contributed by atoms with Gasteiger partial charge in [0.2, 0.25) is 11.8 Å². The Morgan fingerprint density at radius 2 is 1.58 bits per heavy atom. The predicted octanol–water partition coefficient (Wildman–Crippen LogP) is 3.99. The van der Waals surface area contributed by atoms with Gasteiger partial charge in [0, 0.05) is 17.9 Å². The Labute approximate surface area is 143 Å².